The molecule has 0 radical (unpaired) electrons. The van der Waals surface area contributed by atoms with Gasteiger partial charge >= 0.3 is 0 Å². The minimum absolute atomic E-state index is 0.321. The Kier molecular flexibility index (Phi) is 2.96. The van der Waals surface area contributed by atoms with Gasteiger partial charge in [-0.25, -0.2) is 8.78 Å². The highest BCUT2D eigenvalue weighted by Crippen LogP contribution is 2.44. The van der Waals surface area contributed by atoms with Gasteiger partial charge in [-0.15, -0.1) is 0 Å². The molecule has 0 amide bonds. The molecule has 1 aromatic carbocycles. The maximum Gasteiger partial charge on any atom is 0.126 e. The smallest absolute Gasteiger partial charge is 0.126 e. The zero-order chi connectivity index (χ0) is 12.7. The predicted molar refractivity (Wildman–Crippen MR) is 61.5 cm³/mol. The van der Waals surface area contributed by atoms with E-state index in [0.717, 1.165) is 6.07 Å². The molecule has 2 N–H and O–H groups in total. The van der Waals surface area contributed by atoms with E-state index in [0.29, 0.717) is 25.1 Å². The molecule has 1 aliphatic rings. The van der Waals surface area contributed by atoms with E-state index in [4.69, 9.17) is 0 Å². The highest BCUT2D eigenvalue weighted by molar-refractivity contribution is 5.27. The van der Waals surface area contributed by atoms with Gasteiger partial charge in [0, 0.05) is 18.0 Å². The topological polar surface area (TPSA) is 32.3 Å². The summed E-state index contributed by atoms with van der Waals surface area (Å²) in [7, 11) is 0. The molecule has 2 nitrogen and oxygen atoms in total. The minimum atomic E-state index is -1.19. The molecule has 0 bridgehead atoms. The van der Waals surface area contributed by atoms with Crippen LogP contribution in [-0.2, 0) is 5.60 Å². The Morgan fingerprint density at radius 1 is 1.18 bits per heavy atom. The number of rotatable bonds is 1. The van der Waals surface area contributed by atoms with E-state index in [1.807, 2.05) is 13.8 Å². The Labute approximate surface area is 99.7 Å². The molecule has 1 fully saturated rings. The first kappa shape index (κ1) is 12.5. The third kappa shape index (κ3) is 2.07. The van der Waals surface area contributed by atoms with Crippen LogP contribution in [0.1, 0.15) is 25.8 Å². The van der Waals surface area contributed by atoms with Crippen LogP contribution in [0.2, 0.25) is 0 Å². The zero-order valence-corrected chi connectivity index (χ0v) is 10.1. The monoisotopic (exact) mass is 241 g/mol. The van der Waals surface area contributed by atoms with Crippen LogP contribution in [0, 0.1) is 17.0 Å². The van der Waals surface area contributed by atoms with Crippen LogP contribution in [0.4, 0.5) is 8.78 Å². The second kappa shape index (κ2) is 4.03. The van der Waals surface area contributed by atoms with Crippen molar-refractivity contribution >= 4 is 0 Å². The maximum absolute atomic E-state index is 13.2. The van der Waals surface area contributed by atoms with Gasteiger partial charge in [0.05, 0.1) is 5.60 Å². The average molecular weight is 241 g/mol. The number of aliphatic hydroxyl groups is 1. The molecule has 94 valence electrons. The molecule has 1 atom stereocenters. The van der Waals surface area contributed by atoms with Crippen molar-refractivity contribution in [2.75, 3.05) is 13.1 Å². The lowest BCUT2D eigenvalue weighted by Crippen LogP contribution is -2.54. The van der Waals surface area contributed by atoms with E-state index in [9.17, 15) is 13.9 Å². The Morgan fingerprint density at radius 3 is 2.29 bits per heavy atom. The summed E-state index contributed by atoms with van der Waals surface area (Å²) in [5, 5.41) is 13.9. The van der Waals surface area contributed by atoms with Gasteiger partial charge in [-0.1, -0.05) is 13.8 Å². The zero-order valence-electron chi connectivity index (χ0n) is 10.1. The van der Waals surface area contributed by atoms with E-state index in [-0.39, 0.29) is 0 Å². The van der Waals surface area contributed by atoms with Crippen molar-refractivity contribution in [1.29, 1.82) is 0 Å². The van der Waals surface area contributed by atoms with E-state index in [1.165, 1.54) is 12.1 Å². The molecule has 1 heterocycles. The molecule has 0 saturated carbocycles. The Morgan fingerprint density at radius 2 is 1.76 bits per heavy atom. The van der Waals surface area contributed by atoms with E-state index in [1.54, 1.807) is 0 Å². The molecule has 1 aliphatic heterocycles. The predicted octanol–water partition coefficient (Wildman–Crippen LogP) is 2.17. The van der Waals surface area contributed by atoms with Gasteiger partial charge in [0.25, 0.3) is 0 Å². The highest BCUT2D eigenvalue weighted by Gasteiger charge is 2.46. The summed E-state index contributed by atoms with van der Waals surface area (Å²) in [6, 6.07) is 3.26. The lowest BCUT2D eigenvalue weighted by Gasteiger charge is -2.47. The Bertz CT molecular complexity index is 413. The summed E-state index contributed by atoms with van der Waals surface area (Å²) >= 11 is 0. The first-order valence-corrected chi connectivity index (χ1v) is 5.75. The fourth-order valence-electron chi connectivity index (χ4n) is 2.48. The third-order valence-electron chi connectivity index (χ3n) is 3.69. The molecule has 0 aromatic heterocycles. The fraction of sp³-hybridized carbons (Fsp3) is 0.538. The highest BCUT2D eigenvalue weighted by atomic mass is 19.1. The number of hydrogen-bond acceptors (Lipinski definition) is 2. The molecular weight excluding hydrogens is 224 g/mol. The largest absolute Gasteiger partial charge is 0.385 e. The van der Waals surface area contributed by atoms with Crippen LogP contribution in [-0.4, -0.2) is 18.2 Å². The molecule has 17 heavy (non-hydrogen) atoms. The first-order chi connectivity index (χ1) is 7.85. The molecule has 1 aromatic rings. The number of piperidine rings is 1. The van der Waals surface area contributed by atoms with Crippen LogP contribution >= 0.6 is 0 Å². The number of nitrogens with one attached hydrogen (secondary N) is 1. The van der Waals surface area contributed by atoms with Crippen LogP contribution in [0.25, 0.3) is 0 Å². The summed E-state index contributed by atoms with van der Waals surface area (Å²) in [5.41, 5.74) is -1.34. The summed E-state index contributed by atoms with van der Waals surface area (Å²) < 4.78 is 26.5. The number of benzene rings is 1. The van der Waals surface area contributed by atoms with Crippen molar-refractivity contribution in [1.82, 2.24) is 5.32 Å². The van der Waals surface area contributed by atoms with Gasteiger partial charge in [-0.3, -0.25) is 0 Å². The van der Waals surface area contributed by atoms with Gasteiger partial charge in [-0.05, 0) is 30.7 Å². The first-order valence-electron chi connectivity index (χ1n) is 5.75. The molecule has 2 rings (SSSR count). The molecular formula is C13H17F2NO. The molecule has 0 aliphatic carbocycles. The molecule has 0 spiro atoms. The van der Waals surface area contributed by atoms with E-state index >= 15 is 0 Å². The van der Waals surface area contributed by atoms with Crippen LogP contribution < -0.4 is 5.32 Å². The van der Waals surface area contributed by atoms with Gasteiger partial charge in [0.1, 0.15) is 11.6 Å². The lowest BCUT2D eigenvalue weighted by atomic mass is 9.67. The van der Waals surface area contributed by atoms with Gasteiger partial charge in [-0.2, -0.15) is 0 Å². The molecule has 1 unspecified atom stereocenters. The van der Waals surface area contributed by atoms with Crippen molar-refractivity contribution in [3.63, 3.8) is 0 Å². The van der Waals surface area contributed by atoms with E-state index < -0.39 is 22.7 Å². The van der Waals surface area contributed by atoms with Gasteiger partial charge in [0.2, 0.25) is 0 Å². The van der Waals surface area contributed by atoms with Crippen LogP contribution in [0.5, 0.6) is 0 Å². The third-order valence-corrected chi connectivity index (χ3v) is 3.69. The second-order valence-electron chi connectivity index (χ2n) is 5.33. The molecule has 1 saturated heterocycles. The SMILES string of the molecule is CC1(C)CNCCC1(O)c1cc(F)cc(F)c1. The summed E-state index contributed by atoms with van der Waals surface area (Å²) in [4.78, 5) is 0. The van der Waals surface area contributed by atoms with E-state index in [2.05, 4.69) is 5.32 Å². The maximum atomic E-state index is 13.2. The summed E-state index contributed by atoms with van der Waals surface area (Å²) in [6.07, 6.45) is 0.447. The average Bonchev–Trinajstić information content (AvgIpc) is 2.21. The number of hydrogen-bond donors (Lipinski definition) is 2. The van der Waals surface area contributed by atoms with Crippen LogP contribution in [0.15, 0.2) is 18.2 Å². The minimum Gasteiger partial charge on any atom is -0.385 e. The van der Waals surface area contributed by atoms with Crippen LogP contribution in [0.3, 0.4) is 0 Å². The summed E-state index contributed by atoms with van der Waals surface area (Å²) in [6.45, 7) is 5.03. The second-order valence-corrected chi connectivity index (χ2v) is 5.33. The van der Waals surface area contributed by atoms with Crippen molar-refractivity contribution in [2.45, 2.75) is 25.9 Å². The van der Waals surface area contributed by atoms with Gasteiger partial charge < -0.3 is 10.4 Å². The van der Waals surface area contributed by atoms with Gasteiger partial charge in [0.15, 0.2) is 0 Å². The summed E-state index contributed by atoms with van der Waals surface area (Å²) in [5.74, 6) is -1.30. The standard InChI is InChI=1S/C13H17F2NO/c1-12(2)8-16-4-3-13(12,17)9-5-10(14)7-11(15)6-9/h5-7,16-17H,3-4,8H2,1-2H3. The van der Waals surface area contributed by atoms with Crippen molar-refractivity contribution in [3.05, 3.63) is 35.4 Å². The Balaban J connectivity index is 2.49. The lowest BCUT2D eigenvalue weighted by molar-refractivity contribution is -0.0948. The number of halogens is 2. The van der Waals surface area contributed by atoms with Crippen molar-refractivity contribution < 1.29 is 13.9 Å². The Hall–Kier alpha value is -1.00. The van der Waals surface area contributed by atoms with Crippen molar-refractivity contribution in [2.24, 2.45) is 5.41 Å². The van der Waals surface area contributed by atoms with Crippen molar-refractivity contribution in [3.8, 4) is 0 Å². The quantitative estimate of drug-likeness (QED) is 0.789. The normalized spacial score (nSPS) is 28.1. The fourth-order valence-corrected chi connectivity index (χ4v) is 2.48. The molecule has 4 heteroatoms.